The van der Waals surface area contributed by atoms with E-state index in [1.165, 1.54) is 4.90 Å². The molecule has 0 aliphatic heterocycles. The monoisotopic (exact) mass is 240 g/mol. The van der Waals surface area contributed by atoms with E-state index in [0.29, 0.717) is 0 Å². The van der Waals surface area contributed by atoms with E-state index in [1.807, 2.05) is 37.3 Å². The van der Waals surface area contributed by atoms with E-state index < -0.39 is 6.10 Å². The van der Waals surface area contributed by atoms with Gasteiger partial charge in [0.05, 0.1) is 6.10 Å². The van der Waals surface area contributed by atoms with E-state index in [9.17, 15) is 5.11 Å². The van der Waals surface area contributed by atoms with E-state index in [4.69, 9.17) is 5.11 Å². The Kier molecular flexibility index (Phi) is 5.88. The zero-order valence-electron chi connectivity index (χ0n) is 9.84. The number of hydrogen-bond acceptors (Lipinski definition) is 3. The Hall–Kier alpha value is -0.510. The van der Waals surface area contributed by atoms with Gasteiger partial charge in [0.15, 0.2) is 0 Å². The summed E-state index contributed by atoms with van der Waals surface area (Å²) in [5, 5.41) is 19.2. The van der Waals surface area contributed by atoms with E-state index >= 15 is 0 Å². The van der Waals surface area contributed by atoms with Gasteiger partial charge in [-0.15, -0.1) is 11.8 Å². The van der Waals surface area contributed by atoms with E-state index in [2.05, 4.69) is 6.92 Å². The third-order valence-corrected chi connectivity index (χ3v) is 4.14. The van der Waals surface area contributed by atoms with Crippen molar-refractivity contribution in [2.45, 2.75) is 36.5 Å². The molecule has 2 N–H and O–H groups in total. The van der Waals surface area contributed by atoms with E-state index in [-0.39, 0.29) is 17.8 Å². The Morgan fingerprint density at radius 3 is 2.38 bits per heavy atom. The van der Waals surface area contributed by atoms with Gasteiger partial charge in [-0.2, -0.15) is 0 Å². The number of benzene rings is 1. The molecule has 0 bridgehead atoms. The fraction of sp³-hybridized carbons (Fsp3) is 0.538. The van der Waals surface area contributed by atoms with Crippen molar-refractivity contribution < 1.29 is 10.2 Å². The lowest BCUT2D eigenvalue weighted by atomic mass is 10.0. The molecule has 0 fully saturated rings. The fourth-order valence-corrected chi connectivity index (χ4v) is 2.78. The average molecular weight is 240 g/mol. The quantitative estimate of drug-likeness (QED) is 0.751. The molecular weight excluding hydrogens is 220 g/mol. The minimum Gasteiger partial charge on any atom is -0.396 e. The molecule has 1 rings (SSSR count). The third-order valence-electron chi connectivity index (χ3n) is 2.68. The molecule has 90 valence electrons. The van der Waals surface area contributed by atoms with E-state index in [0.717, 1.165) is 6.42 Å². The first-order chi connectivity index (χ1) is 7.69. The summed E-state index contributed by atoms with van der Waals surface area (Å²) in [6, 6.07) is 10.1. The van der Waals surface area contributed by atoms with Crippen LogP contribution in [0.3, 0.4) is 0 Å². The molecule has 0 saturated carbocycles. The van der Waals surface area contributed by atoms with Gasteiger partial charge in [0.2, 0.25) is 0 Å². The second kappa shape index (κ2) is 6.94. The molecule has 0 aromatic heterocycles. The lowest BCUT2D eigenvalue weighted by Crippen LogP contribution is -2.31. The van der Waals surface area contributed by atoms with Gasteiger partial charge in [-0.1, -0.05) is 32.0 Å². The standard InChI is InChI=1S/C13H20O2S/c1-3-12(13(15)10(2)9-14)16-11-7-5-4-6-8-11/h4-8,10,12-15H,3,9H2,1-2H3/t10-,12-,13-/m0/s1. The second-order valence-corrected chi connectivity index (χ2v) is 5.34. The van der Waals surface area contributed by atoms with Gasteiger partial charge < -0.3 is 10.2 Å². The predicted octanol–water partition coefficient (Wildman–Crippen LogP) is 2.55. The first-order valence-electron chi connectivity index (χ1n) is 5.69. The molecule has 2 nitrogen and oxygen atoms in total. The molecule has 0 saturated heterocycles. The molecule has 0 spiro atoms. The molecule has 1 aromatic carbocycles. The van der Waals surface area contributed by atoms with Crippen molar-refractivity contribution in [3.8, 4) is 0 Å². The van der Waals surface area contributed by atoms with Gasteiger partial charge in [-0.3, -0.25) is 0 Å². The summed E-state index contributed by atoms with van der Waals surface area (Å²) in [6.45, 7) is 3.97. The minimum absolute atomic E-state index is 0.0347. The summed E-state index contributed by atoms with van der Waals surface area (Å²) in [5.41, 5.74) is 0. The van der Waals surface area contributed by atoms with Crippen molar-refractivity contribution in [3.05, 3.63) is 30.3 Å². The summed E-state index contributed by atoms with van der Waals surface area (Å²) in [6.07, 6.45) is 0.436. The zero-order chi connectivity index (χ0) is 12.0. The highest BCUT2D eigenvalue weighted by molar-refractivity contribution is 8.00. The van der Waals surface area contributed by atoms with Crippen molar-refractivity contribution in [2.24, 2.45) is 5.92 Å². The van der Waals surface area contributed by atoms with Gasteiger partial charge in [-0.05, 0) is 18.6 Å². The van der Waals surface area contributed by atoms with Crippen LogP contribution in [0.15, 0.2) is 35.2 Å². The van der Waals surface area contributed by atoms with Crippen molar-refractivity contribution >= 4 is 11.8 Å². The van der Waals surface area contributed by atoms with Crippen molar-refractivity contribution in [2.75, 3.05) is 6.61 Å². The van der Waals surface area contributed by atoms with Gasteiger partial charge in [0.1, 0.15) is 0 Å². The lowest BCUT2D eigenvalue weighted by molar-refractivity contribution is 0.0745. The Morgan fingerprint density at radius 2 is 1.88 bits per heavy atom. The van der Waals surface area contributed by atoms with Gasteiger partial charge in [-0.25, -0.2) is 0 Å². The maximum Gasteiger partial charge on any atom is 0.0709 e. The first kappa shape index (κ1) is 13.6. The highest BCUT2D eigenvalue weighted by Crippen LogP contribution is 2.29. The van der Waals surface area contributed by atoms with Crippen LogP contribution < -0.4 is 0 Å². The zero-order valence-corrected chi connectivity index (χ0v) is 10.7. The van der Waals surface area contributed by atoms with Crippen LogP contribution in [0.1, 0.15) is 20.3 Å². The number of aliphatic hydroxyl groups is 2. The van der Waals surface area contributed by atoms with Crippen LogP contribution >= 0.6 is 11.8 Å². The lowest BCUT2D eigenvalue weighted by Gasteiger charge is -2.25. The summed E-state index contributed by atoms with van der Waals surface area (Å²) >= 11 is 1.68. The number of thioether (sulfide) groups is 1. The molecule has 0 unspecified atom stereocenters. The van der Waals surface area contributed by atoms with E-state index in [1.54, 1.807) is 11.8 Å². The Morgan fingerprint density at radius 1 is 1.25 bits per heavy atom. The van der Waals surface area contributed by atoms with Crippen LogP contribution in [0.25, 0.3) is 0 Å². The maximum absolute atomic E-state index is 10.1. The molecule has 1 aromatic rings. The summed E-state index contributed by atoms with van der Waals surface area (Å²) in [4.78, 5) is 1.17. The predicted molar refractivity (Wildman–Crippen MR) is 68.6 cm³/mol. The largest absolute Gasteiger partial charge is 0.396 e. The molecular formula is C13H20O2S. The van der Waals surface area contributed by atoms with Crippen LogP contribution in [-0.2, 0) is 0 Å². The Bertz CT molecular complexity index is 289. The van der Waals surface area contributed by atoms with Crippen LogP contribution in [0.4, 0.5) is 0 Å². The molecule has 3 heteroatoms. The highest BCUT2D eigenvalue weighted by Gasteiger charge is 2.23. The van der Waals surface area contributed by atoms with Gasteiger partial charge in [0, 0.05) is 22.7 Å². The molecule has 16 heavy (non-hydrogen) atoms. The van der Waals surface area contributed by atoms with Crippen LogP contribution in [-0.4, -0.2) is 28.2 Å². The molecule has 0 aliphatic carbocycles. The maximum atomic E-state index is 10.1. The normalized spacial score (nSPS) is 16.8. The average Bonchev–Trinajstić information content (AvgIpc) is 2.35. The van der Waals surface area contributed by atoms with Crippen LogP contribution in [0.2, 0.25) is 0 Å². The fourth-order valence-electron chi connectivity index (χ4n) is 1.54. The molecule has 0 heterocycles. The molecule has 0 radical (unpaired) electrons. The minimum atomic E-state index is -0.458. The van der Waals surface area contributed by atoms with Crippen molar-refractivity contribution in [3.63, 3.8) is 0 Å². The smallest absolute Gasteiger partial charge is 0.0709 e. The second-order valence-electron chi connectivity index (χ2n) is 4.03. The number of aliphatic hydroxyl groups excluding tert-OH is 2. The Labute approximate surface area is 102 Å². The molecule has 3 atom stereocenters. The summed E-state index contributed by atoms with van der Waals surface area (Å²) < 4.78 is 0. The SMILES string of the molecule is CC[C@H](Sc1ccccc1)[C@@H](O)[C@@H](C)CO. The molecule has 0 aliphatic rings. The van der Waals surface area contributed by atoms with Crippen LogP contribution in [0, 0.1) is 5.92 Å². The third kappa shape index (κ3) is 3.81. The van der Waals surface area contributed by atoms with Crippen LogP contribution in [0.5, 0.6) is 0 Å². The number of hydrogen-bond donors (Lipinski definition) is 2. The number of rotatable bonds is 6. The first-order valence-corrected chi connectivity index (χ1v) is 6.57. The van der Waals surface area contributed by atoms with Gasteiger partial charge >= 0.3 is 0 Å². The summed E-state index contributed by atoms with van der Waals surface area (Å²) in [5.74, 6) is -0.0684. The molecule has 0 amide bonds. The van der Waals surface area contributed by atoms with Crippen molar-refractivity contribution in [1.82, 2.24) is 0 Å². The van der Waals surface area contributed by atoms with Gasteiger partial charge in [0.25, 0.3) is 0 Å². The Balaban J connectivity index is 2.62. The highest BCUT2D eigenvalue weighted by atomic mass is 32.2. The summed E-state index contributed by atoms with van der Waals surface area (Å²) in [7, 11) is 0. The van der Waals surface area contributed by atoms with Crippen molar-refractivity contribution in [1.29, 1.82) is 0 Å². The topological polar surface area (TPSA) is 40.5 Å².